The van der Waals surface area contributed by atoms with Crippen molar-refractivity contribution in [3.8, 4) is 0 Å². The van der Waals surface area contributed by atoms with Gasteiger partial charge in [0.25, 0.3) is 0 Å². The van der Waals surface area contributed by atoms with Crippen LogP contribution in [0.4, 0.5) is 0 Å². The van der Waals surface area contributed by atoms with Gasteiger partial charge in [-0.1, -0.05) is 6.92 Å². The van der Waals surface area contributed by atoms with Crippen LogP contribution in [0.5, 0.6) is 0 Å². The topological polar surface area (TPSA) is 57.5 Å². The minimum Gasteiger partial charge on any atom is -0.396 e. The highest BCUT2D eigenvalue weighted by molar-refractivity contribution is 7.40. The van der Waals surface area contributed by atoms with Crippen LogP contribution in [0.1, 0.15) is 20.8 Å². The molecule has 0 aromatic rings. The zero-order chi connectivity index (χ0) is 8.36. The summed E-state index contributed by atoms with van der Waals surface area (Å²) in [6, 6.07) is 0. The van der Waals surface area contributed by atoms with Crippen LogP contribution in [-0.2, 0) is 4.57 Å². The zero-order valence-electron chi connectivity index (χ0n) is 6.53. The van der Waals surface area contributed by atoms with Crippen LogP contribution in [-0.4, -0.2) is 21.8 Å². The normalized spacial score (nSPS) is 16.7. The Labute approximate surface area is 61.9 Å². The van der Waals surface area contributed by atoms with Gasteiger partial charge in [-0.2, -0.15) is 4.89 Å². The van der Waals surface area contributed by atoms with E-state index in [1.54, 1.807) is 20.8 Å². The Balaban J connectivity index is 4.23. The Hall–Kier alpha value is 0.0200. The van der Waals surface area contributed by atoms with E-state index in [-0.39, 0.29) is 12.5 Å². The monoisotopic (exact) mass is 165 g/mol. The van der Waals surface area contributed by atoms with Crippen LogP contribution in [0.15, 0.2) is 0 Å². The molecule has 2 N–H and O–H groups in total. The van der Waals surface area contributed by atoms with Crippen molar-refractivity contribution < 1.29 is 14.6 Å². The first-order chi connectivity index (χ1) is 4.42. The average Bonchev–Trinajstić information content (AvgIpc) is 1.86. The summed E-state index contributed by atoms with van der Waals surface area (Å²) >= 11 is 0. The van der Waals surface area contributed by atoms with Crippen LogP contribution < -0.4 is 0 Å². The van der Waals surface area contributed by atoms with Gasteiger partial charge in [0.1, 0.15) is 0 Å². The van der Waals surface area contributed by atoms with E-state index in [9.17, 15) is 4.57 Å². The molecule has 0 rings (SSSR count). The van der Waals surface area contributed by atoms with Gasteiger partial charge in [0.05, 0.1) is 6.61 Å². The molecule has 0 spiro atoms. The maximum atomic E-state index is 10.7. The summed E-state index contributed by atoms with van der Waals surface area (Å²) in [5.74, 6) is -0.138. The first-order valence-electron chi connectivity index (χ1n) is 3.20. The van der Waals surface area contributed by atoms with E-state index in [4.69, 9.17) is 10.00 Å². The minimum atomic E-state index is -2.20. The van der Waals surface area contributed by atoms with Gasteiger partial charge in [0, 0.05) is 5.92 Å². The fourth-order valence-electron chi connectivity index (χ4n) is 0.412. The predicted molar refractivity (Wildman–Crippen MR) is 40.2 cm³/mol. The largest absolute Gasteiger partial charge is 0.511 e. The molecule has 60 valence electrons. The Bertz CT molecular complexity index is 133. The molecular formula is C6H14O3P+. The van der Waals surface area contributed by atoms with Gasteiger partial charge < -0.3 is 5.11 Å². The third-order valence-electron chi connectivity index (χ3n) is 1.97. The second kappa shape index (κ2) is 3.42. The van der Waals surface area contributed by atoms with Crippen molar-refractivity contribution in [3.63, 3.8) is 0 Å². The summed E-state index contributed by atoms with van der Waals surface area (Å²) < 4.78 is 10.7. The average molecular weight is 165 g/mol. The molecule has 0 aromatic carbocycles. The van der Waals surface area contributed by atoms with Gasteiger partial charge in [-0.3, -0.25) is 0 Å². The highest BCUT2D eigenvalue weighted by atomic mass is 31.1. The van der Waals surface area contributed by atoms with E-state index in [2.05, 4.69) is 0 Å². The molecule has 10 heavy (non-hydrogen) atoms. The number of aliphatic hydroxyl groups is 1. The Morgan fingerprint density at radius 2 is 2.00 bits per heavy atom. The van der Waals surface area contributed by atoms with Crippen molar-refractivity contribution in [1.29, 1.82) is 0 Å². The van der Waals surface area contributed by atoms with E-state index in [0.29, 0.717) is 0 Å². The second-order valence-corrected chi connectivity index (χ2v) is 4.71. The molecule has 0 heterocycles. The molecule has 0 aromatic heterocycles. The summed E-state index contributed by atoms with van der Waals surface area (Å²) in [5.41, 5.74) is 0. The first kappa shape index (κ1) is 10.0. The van der Waals surface area contributed by atoms with Gasteiger partial charge in [0.15, 0.2) is 5.16 Å². The summed E-state index contributed by atoms with van der Waals surface area (Å²) in [6.07, 6.45) is 0. The van der Waals surface area contributed by atoms with Gasteiger partial charge in [-0.05, 0) is 18.4 Å². The summed E-state index contributed by atoms with van der Waals surface area (Å²) in [5, 5.41) is 8.00. The summed E-state index contributed by atoms with van der Waals surface area (Å²) in [4.78, 5) is 8.78. The zero-order valence-corrected chi connectivity index (χ0v) is 7.43. The molecule has 0 aliphatic rings. The fourth-order valence-corrected chi connectivity index (χ4v) is 0.871. The van der Waals surface area contributed by atoms with Crippen molar-refractivity contribution in [2.75, 3.05) is 6.61 Å². The number of hydrogen-bond donors (Lipinski definition) is 2. The Morgan fingerprint density at radius 1 is 1.60 bits per heavy atom. The third kappa shape index (κ3) is 2.01. The van der Waals surface area contributed by atoms with Crippen LogP contribution in [0.25, 0.3) is 0 Å². The number of hydrogen-bond acceptors (Lipinski definition) is 2. The van der Waals surface area contributed by atoms with E-state index < -0.39 is 13.2 Å². The van der Waals surface area contributed by atoms with Gasteiger partial charge in [-0.15, -0.1) is 0 Å². The van der Waals surface area contributed by atoms with E-state index in [1.165, 1.54) is 0 Å². The lowest BCUT2D eigenvalue weighted by molar-refractivity contribution is 0.207. The molecule has 3 nitrogen and oxygen atoms in total. The smallest absolute Gasteiger partial charge is 0.396 e. The van der Waals surface area contributed by atoms with Gasteiger partial charge in [-0.25, -0.2) is 0 Å². The van der Waals surface area contributed by atoms with Crippen molar-refractivity contribution in [2.45, 2.75) is 25.9 Å². The van der Waals surface area contributed by atoms with Crippen molar-refractivity contribution in [3.05, 3.63) is 0 Å². The molecule has 4 heteroatoms. The fraction of sp³-hybridized carbons (Fsp3) is 1.00. The van der Waals surface area contributed by atoms with E-state index in [1.807, 2.05) is 0 Å². The maximum Gasteiger partial charge on any atom is 0.511 e. The Kier molecular flexibility index (Phi) is 3.43. The number of rotatable bonds is 3. The van der Waals surface area contributed by atoms with Crippen LogP contribution in [0, 0.1) is 5.92 Å². The van der Waals surface area contributed by atoms with Crippen LogP contribution in [0.2, 0.25) is 0 Å². The molecule has 2 unspecified atom stereocenters. The summed E-state index contributed by atoms with van der Waals surface area (Å²) in [6.45, 7) is 5.05. The maximum absolute atomic E-state index is 10.7. The quantitative estimate of drug-likeness (QED) is 0.616. The van der Waals surface area contributed by atoms with Gasteiger partial charge >= 0.3 is 8.03 Å². The molecule has 0 saturated heterocycles. The minimum absolute atomic E-state index is 0.0470. The first-order valence-corrected chi connectivity index (χ1v) is 4.41. The molecule has 0 radical (unpaired) electrons. The van der Waals surface area contributed by atoms with Crippen molar-refractivity contribution >= 4 is 8.03 Å². The SMILES string of the molecule is CC(CO)C(C)(C)[P+](=O)O. The molecule has 0 saturated carbocycles. The molecule has 2 atom stereocenters. The standard InChI is InChI=1S/C6H13O3P/c1-5(4-7)6(2,3)10(8)9/h5,7H,4H2,1-3H3/p+1. The van der Waals surface area contributed by atoms with Crippen LogP contribution in [0.3, 0.4) is 0 Å². The van der Waals surface area contributed by atoms with E-state index >= 15 is 0 Å². The molecule has 0 aliphatic carbocycles. The molecule has 0 aliphatic heterocycles. The molecular weight excluding hydrogens is 151 g/mol. The Morgan fingerprint density at radius 3 is 2.10 bits per heavy atom. The third-order valence-corrected chi connectivity index (χ3v) is 3.40. The molecule has 0 fully saturated rings. The second-order valence-electron chi connectivity index (χ2n) is 3.01. The van der Waals surface area contributed by atoms with Crippen molar-refractivity contribution in [2.24, 2.45) is 5.92 Å². The lowest BCUT2D eigenvalue weighted by Gasteiger charge is -2.16. The highest BCUT2D eigenvalue weighted by Crippen LogP contribution is 2.40. The van der Waals surface area contributed by atoms with E-state index in [0.717, 1.165) is 0 Å². The van der Waals surface area contributed by atoms with Gasteiger partial charge in [0.2, 0.25) is 0 Å². The summed E-state index contributed by atoms with van der Waals surface area (Å²) in [7, 11) is -2.20. The lowest BCUT2D eigenvalue weighted by atomic mass is 9.98. The molecule has 0 bridgehead atoms. The number of aliphatic hydroxyl groups excluding tert-OH is 1. The van der Waals surface area contributed by atoms with Crippen molar-refractivity contribution in [1.82, 2.24) is 0 Å². The highest BCUT2D eigenvalue weighted by Gasteiger charge is 2.44. The lowest BCUT2D eigenvalue weighted by Crippen LogP contribution is -2.27. The predicted octanol–water partition coefficient (Wildman–Crippen LogP) is 1.13. The van der Waals surface area contributed by atoms with Crippen LogP contribution >= 0.6 is 8.03 Å². The molecule has 0 amide bonds.